The molecule has 0 saturated carbocycles. The molecule has 0 bridgehead atoms. The molecule has 0 fully saturated rings. The molecular formula is C20H18N2O5. The quantitative estimate of drug-likeness (QED) is 0.728. The van der Waals surface area contributed by atoms with Crippen LogP contribution in [0.3, 0.4) is 0 Å². The first-order valence-electron chi connectivity index (χ1n) is 8.56. The summed E-state index contributed by atoms with van der Waals surface area (Å²) in [6, 6.07) is 12.3. The summed E-state index contributed by atoms with van der Waals surface area (Å²) in [4.78, 5) is 25.0. The summed E-state index contributed by atoms with van der Waals surface area (Å²) in [5.74, 6) is 0.335. The second-order valence-corrected chi connectivity index (χ2v) is 6.47. The number of amides is 2. The van der Waals surface area contributed by atoms with Crippen LogP contribution in [0.4, 0.5) is 11.4 Å². The monoisotopic (exact) mass is 366 g/mol. The van der Waals surface area contributed by atoms with Crippen molar-refractivity contribution in [2.75, 3.05) is 17.4 Å². The van der Waals surface area contributed by atoms with Crippen molar-refractivity contribution in [2.45, 2.75) is 13.8 Å². The molecule has 3 aromatic rings. The number of rotatable bonds is 4. The van der Waals surface area contributed by atoms with Gasteiger partial charge >= 0.3 is 0 Å². The van der Waals surface area contributed by atoms with E-state index in [1.54, 1.807) is 50.2 Å². The van der Waals surface area contributed by atoms with Gasteiger partial charge in [-0.2, -0.15) is 0 Å². The van der Waals surface area contributed by atoms with Gasteiger partial charge in [0, 0.05) is 23.1 Å². The molecule has 7 heteroatoms. The van der Waals surface area contributed by atoms with Gasteiger partial charge in [0.25, 0.3) is 5.91 Å². The maximum absolute atomic E-state index is 12.8. The van der Waals surface area contributed by atoms with Crippen molar-refractivity contribution in [3.8, 4) is 11.5 Å². The predicted molar refractivity (Wildman–Crippen MR) is 100 cm³/mol. The molecule has 0 atom stereocenters. The zero-order valence-electron chi connectivity index (χ0n) is 14.9. The number of carbonyl (C=O) groups is 2. The average Bonchev–Trinajstić information content (AvgIpc) is 3.26. The van der Waals surface area contributed by atoms with Gasteiger partial charge in [-0.1, -0.05) is 26.0 Å². The molecule has 1 aromatic heterocycles. The maximum atomic E-state index is 12.8. The van der Waals surface area contributed by atoms with Crippen LogP contribution in [0.25, 0.3) is 11.0 Å². The van der Waals surface area contributed by atoms with Crippen LogP contribution in [0, 0.1) is 5.92 Å². The predicted octanol–water partition coefficient (Wildman–Crippen LogP) is 4.01. The Morgan fingerprint density at radius 2 is 1.78 bits per heavy atom. The van der Waals surface area contributed by atoms with Crippen LogP contribution in [0.1, 0.15) is 24.4 Å². The van der Waals surface area contributed by atoms with Crippen molar-refractivity contribution < 1.29 is 23.5 Å². The van der Waals surface area contributed by atoms with Crippen LogP contribution in [-0.2, 0) is 4.79 Å². The SMILES string of the molecule is CC(C)C(=O)Nc1c(C(=O)Nc2ccc3c(c2)OCO3)oc2ccccc12. The Balaban J connectivity index is 1.67. The number of carbonyl (C=O) groups excluding carboxylic acids is 2. The number of hydrogen-bond donors (Lipinski definition) is 2. The van der Waals surface area contributed by atoms with E-state index in [0.717, 1.165) is 0 Å². The fourth-order valence-corrected chi connectivity index (χ4v) is 2.76. The number of hydrogen-bond acceptors (Lipinski definition) is 5. The molecule has 0 saturated heterocycles. The Morgan fingerprint density at radius 1 is 1.00 bits per heavy atom. The van der Waals surface area contributed by atoms with Gasteiger partial charge in [-0.15, -0.1) is 0 Å². The zero-order valence-corrected chi connectivity index (χ0v) is 14.9. The minimum atomic E-state index is -0.468. The molecule has 1 aliphatic rings. The number of benzene rings is 2. The van der Waals surface area contributed by atoms with Crippen LogP contribution in [0.2, 0.25) is 0 Å². The molecule has 2 amide bonds. The van der Waals surface area contributed by atoms with E-state index in [1.165, 1.54) is 0 Å². The molecule has 1 aliphatic heterocycles. The fraction of sp³-hybridized carbons (Fsp3) is 0.200. The minimum absolute atomic E-state index is 0.0443. The van der Waals surface area contributed by atoms with E-state index in [0.29, 0.717) is 33.8 Å². The molecule has 0 spiro atoms. The lowest BCUT2D eigenvalue weighted by Crippen LogP contribution is -2.20. The van der Waals surface area contributed by atoms with E-state index in [4.69, 9.17) is 13.9 Å². The Morgan fingerprint density at radius 3 is 2.59 bits per heavy atom. The molecule has 0 unspecified atom stereocenters. The van der Waals surface area contributed by atoms with Crippen molar-refractivity contribution in [3.05, 3.63) is 48.2 Å². The maximum Gasteiger partial charge on any atom is 0.293 e. The Bertz CT molecular complexity index is 1040. The lowest BCUT2D eigenvalue weighted by molar-refractivity contribution is -0.118. The van der Waals surface area contributed by atoms with Gasteiger partial charge < -0.3 is 24.5 Å². The highest BCUT2D eigenvalue weighted by Crippen LogP contribution is 2.35. The van der Waals surface area contributed by atoms with Crippen LogP contribution in [0.15, 0.2) is 46.9 Å². The number of ether oxygens (including phenoxy) is 2. The van der Waals surface area contributed by atoms with E-state index < -0.39 is 5.91 Å². The standard InChI is InChI=1S/C20H18N2O5/c1-11(2)19(23)22-17-13-5-3-4-6-14(13)27-18(17)20(24)21-12-7-8-15-16(9-12)26-10-25-15/h3-9,11H,10H2,1-2H3,(H,21,24)(H,22,23). The van der Waals surface area contributed by atoms with Crippen molar-refractivity contribution in [3.63, 3.8) is 0 Å². The molecule has 2 N–H and O–H groups in total. The van der Waals surface area contributed by atoms with Crippen molar-refractivity contribution in [1.82, 2.24) is 0 Å². The van der Waals surface area contributed by atoms with Crippen LogP contribution in [0.5, 0.6) is 11.5 Å². The van der Waals surface area contributed by atoms with Gasteiger partial charge in [-0.25, -0.2) is 0 Å². The van der Waals surface area contributed by atoms with E-state index in [9.17, 15) is 9.59 Å². The molecule has 7 nitrogen and oxygen atoms in total. The van der Waals surface area contributed by atoms with Gasteiger partial charge in [0.2, 0.25) is 18.5 Å². The van der Waals surface area contributed by atoms with Crippen LogP contribution in [-0.4, -0.2) is 18.6 Å². The second-order valence-electron chi connectivity index (χ2n) is 6.47. The van der Waals surface area contributed by atoms with Crippen molar-refractivity contribution in [1.29, 1.82) is 0 Å². The molecule has 2 heterocycles. The number of nitrogens with one attached hydrogen (secondary N) is 2. The minimum Gasteiger partial charge on any atom is -0.454 e. The third-order valence-electron chi connectivity index (χ3n) is 4.20. The van der Waals surface area contributed by atoms with Gasteiger partial charge in [0.15, 0.2) is 11.5 Å². The highest BCUT2D eigenvalue weighted by atomic mass is 16.7. The first kappa shape index (κ1) is 17.0. The summed E-state index contributed by atoms with van der Waals surface area (Å²) < 4.78 is 16.3. The molecule has 0 radical (unpaired) electrons. The van der Waals surface area contributed by atoms with E-state index in [1.807, 2.05) is 6.07 Å². The van der Waals surface area contributed by atoms with E-state index >= 15 is 0 Å². The summed E-state index contributed by atoms with van der Waals surface area (Å²) in [6.07, 6.45) is 0. The highest BCUT2D eigenvalue weighted by molar-refractivity contribution is 6.14. The lowest BCUT2D eigenvalue weighted by Gasteiger charge is -2.09. The highest BCUT2D eigenvalue weighted by Gasteiger charge is 2.24. The van der Waals surface area contributed by atoms with Crippen LogP contribution < -0.4 is 20.1 Å². The molecular weight excluding hydrogens is 348 g/mol. The normalized spacial score (nSPS) is 12.4. The van der Waals surface area contributed by atoms with E-state index in [-0.39, 0.29) is 24.4 Å². The zero-order chi connectivity index (χ0) is 19.0. The average molecular weight is 366 g/mol. The molecule has 138 valence electrons. The Hall–Kier alpha value is -3.48. The van der Waals surface area contributed by atoms with Crippen molar-refractivity contribution >= 4 is 34.2 Å². The molecule has 0 aliphatic carbocycles. The first-order valence-corrected chi connectivity index (χ1v) is 8.56. The molecule has 27 heavy (non-hydrogen) atoms. The molecule has 2 aromatic carbocycles. The second kappa shape index (κ2) is 6.68. The Kier molecular flexibility index (Phi) is 4.19. The fourth-order valence-electron chi connectivity index (χ4n) is 2.76. The van der Waals surface area contributed by atoms with Gasteiger partial charge in [-0.05, 0) is 24.3 Å². The summed E-state index contributed by atoms with van der Waals surface area (Å²) in [5.41, 5.74) is 1.42. The summed E-state index contributed by atoms with van der Waals surface area (Å²) >= 11 is 0. The topological polar surface area (TPSA) is 89.8 Å². The summed E-state index contributed by atoms with van der Waals surface area (Å²) in [6.45, 7) is 3.72. The third-order valence-corrected chi connectivity index (χ3v) is 4.20. The number of furan rings is 1. The smallest absolute Gasteiger partial charge is 0.293 e. The number of para-hydroxylation sites is 1. The third kappa shape index (κ3) is 3.19. The van der Waals surface area contributed by atoms with Gasteiger partial charge in [0.05, 0.1) is 0 Å². The summed E-state index contributed by atoms with van der Waals surface area (Å²) in [7, 11) is 0. The number of anilines is 2. The van der Waals surface area contributed by atoms with E-state index in [2.05, 4.69) is 10.6 Å². The van der Waals surface area contributed by atoms with Gasteiger partial charge in [0.1, 0.15) is 11.3 Å². The van der Waals surface area contributed by atoms with Crippen LogP contribution >= 0.6 is 0 Å². The number of fused-ring (bicyclic) bond motifs is 2. The lowest BCUT2D eigenvalue weighted by atomic mass is 10.1. The van der Waals surface area contributed by atoms with Gasteiger partial charge in [-0.3, -0.25) is 9.59 Å². The first-order chi connectivity index (χ1) is 13.0. The summed E-state index contributed by atoms with van der Waals surface area (Å²) in [5, 5.41) is 6.24. The largest absolute Gasteiger partial charge is 0.454 e. The molecule has 4 rings (SSSR count). The van der Waals surface area contributed by atoms with Crippen molar-refractivity contribution in [2.24, 2.45) is 5.92 Å². The Labute approximate surface area is 155 Å².